The Labute approximate surface area is 175 Å². The van der Waals surface area contributed by atoms with Gasteiger partial charge in [-0.05, 0) is 32.9 Å². The molecule has 0 saturated carbocycles. The van der Waals surface area contributed by atoms with Crippen LogP contribution in [0, 0.1) is 0 Å². The molecule has 0 radical (unpaired) electrons. The van der Waals surface area contributed by atoms with Gasteiger partial charge in [-0.2, -0.15) is 13.2 Å². The molecule has 1 N–H and O–H groups in total. The van der Waals surface area contributed by atoms with Gasteiger partial charge in [0.2, 0.25) is 0 Å². The van der Waals surface area contributed by atoms with Gasteiger partial charge >= 0.3 is 18.2 Å². The molecular formula is C19H21F3N2O7. The third-order valence-electron chi connectivity index (χ3n) is 3.73. The molecule has 0 spiro atoms. The number of nitrogens with zero attached hydrogens (tertiary/aromatic N) is 1. The zero-order valence-electron chi connectivity index (χ0n) is 16.9. The molecule has 1 aliphatic rings. The van der Waals surface area contributed by atoms with Crippen LogP contribution in [-0.4, -0.2) is 60.0 Å². The summed E-state index contributed by atoms with van der Waals surface area (Å²) in [6, 6.07) is 4.21. The summed E-state index contributed by atoms with van der Waals surface area (Å²) in [7, 11) is 0. The van der Waals surface area contributed by atoms with Crippen LogP contribution in [0.1, 0.15) is 47.9 Å². The second-order valence-electron chi connectivity index (χ2n) is 7.52. The minimum atomic E-state index is -4.57. The van der Waals surface area contributed by atoms with Gasteiger partial charge in [-0.3, -0.25) is 9.59 Å². The summed E-state index contributed by atoms with van der Waals surface area (Å²) in [6.45, 7) is 2.55. The second-order valence-corrected chi connectivity index (χ2v) is 7.52. The van der Waals surface area contributed by atoms with Crippen LogP contribution in [0.3, 0.4) is 0 Å². The number of benzene rings is 1. The van der Waals surface area contributed by atoms with Crippen LogP contribution in [-0.2, 0) is 19.1 Å². The van der Waals surface area contributed by atoms with Crippen LogP contribution >= 0.6 is 0 Å². The van der Waals surface area contributed by atoms with Crippen LogP contribution in [0.2, 0.25) is 0 Å². The molecule has 1 aliphatic heterocycles. The number of imide groups is 1. The maximum atomic E-state index is 12.5. The summed E-state index contributed by atoms with van der Waals surface area (Å²) in [5.41, 5.74) is -0.885. The molecule has 1 heterocycles. The summed E-state index contributed by atoms with van der Waals surface area (Å²) >= 11 is 0. The maximum absolute atomic E-state index is 12.5. The fourth-order valence-corrected chi connectivity index (χ4v) is 2.49. The largest absolute Gasteiger partial charge is 0.444 e. The molecule has 3 amide bonds. The van der Waals surface area contributed by atoms with E-state index in [9.17, 15) is 32.3 Å². The standard InChI is InChI=1S/C19H21F3N2O7/c1-18(2,3)30-17(28)23-13(8-9-29-10-19(20,21)22)16(27)31-24-14(25)11-6-4-5-7-12(11)15(24)26/h4-7,13H,8-10H2,1-3H3,(H,23,28). The number of nitrogens with one attached hydrogen (secondary N) is 1. The van der Waals surface area contributed by atoms with E-state index in [-0.39, 0.29) is 16.2 Å². The normalized spacial score (nSPS) is 14.8. The first-order valence-electron chi connectivity index (χ1n) is 9.12. The zero-order valence-corrected chi connectivity index (χ0v) is 16.9. The number of hydroxylamine groups is 2. The quantitative estimate of drug-likeness (QED) is 0.506. The molecular weight excluding hydrogens is 425 g/mol. The first-order valence-corrected chi connectivity index (χ1v) is 9.12. The van der Waals surface area contributed by atoms with Gasteiger partial charge in [-0.15, -0.1) is 0 Å². The predicted octanol–water partition coefficient (Wildman–Crippen LogP) is 2.60. The molecule has 1 unspecified atom stereocenters. The van der Waals surface area contributed by atoms with Gasteiger partial charge < -0.3 is 19.6 Å². The number of amides is 3. The lowest BCUT2D eigenvalue weighted by Gasteiger charge is -2.23. The Bertz CT molecular complexity index is 830. The van der Waals surface area contributed by atoms with Crippen molar-refractivity contribution >= 4 is 23.9 Å². The van der Waals surface area contributed by atoms with E-state index in [1.807, 2.05) is 0 Å². The fraction of sp³-hybridized carbons (Fsp3) is 0.474. The van der Waals surface area contributed by atoms with Crippen molar-refractivity contribution < 1.29 is 46.7 Å². The Morgan fingerprint density at radius 2 is 1.61 bits per heavy atom. The maximum Gasteiger partial charge on any atom is 0.411 e. The lowest BCUT2D eigenvalue weighted by Crippen LogP contribution is -2.47. The lowest BCUT2D eigenvalue weighted by atomic mass is 10.1. The molecule has 31 heavy (non-hydrogen) atoms. The summed E-state index contributed by atoms with van der Waals surface area (Å²) < 4.78 is 46.2. The van der Waals surface area contributed by atoms with Crippen LogP contribution in [0.4, 0.5) is 18.0 Å². The molecule has 0 aromatic heterocycles. The lowest BCUT2D eigenvalue weighted by molar-refractivity contribution is -0.177. The highest BCUT2D eigenvalue weighted by molar-refractivity contribution is 6.20. The number of hydrogen-bond donors (Lipinski definition) is 1. The molecule has 1 aromatic carbocycles. The fourth-order valence-electron chi connectivity index (χ4n) is 2.49. The average molecular weight is 446 g/mol. The zero-order chi connectivity index (χ0) is 23.4. The number of alkyl halides is 3. The van der Waals surface area contributed by atoms with Crippen molar-refractivity contribution in [1.82, 2.24) is 10.4 Å². The van der Waals surface area contributed by atoms with Crippen molar-refractivity contribution in [2.45, 2.75) is 45.0 Å². The predicted molar refractivity (Wildman–Crippen MR) is 97.7 cm³/mol. The van der Waals surface area contributed by atoms with Crippen molar-refractivity contribution in [1.29, 1.82) is 0 Å². The van der Waals surface area contributed by atoms with Crippen LogP contribution in [0.25, 0.3) is 0 Å². The molecule has 2 rings (SSSR count). The Balaban J connectivity index is 2.07. The molecule has 0 fully saturated rings. The van der Waals surface area contributed by atoms with Crippen LogP contribution in [0.5, 0.6) is 0 Å². The number of ether oxygens (including phenoxy) is 2. The first kappa shape index (κ1) is 24.1. The molecule has 12 heteroatoms. The van der Waals surface area contributed by atoms with E-state index in [1.165, 1.54) is 24.3 Å². The summed E-state index contributed by atoms with van der Waals surface area (Å²) in [5, 5.41) is 2.38. The summed E-state index contributed by atoms with van der Waals surface area (Å²) in [4.78, 5) is 54.0. The molecule has 1 atom stereocenters. The van der Waals surface area contributed by atoms with Crippen LogP contribution < -0.4 is 5.32 Å². The van der Waals surface area contributed by atoms with Gasteiger partial charge in [0.15, 0.2) is 0 Å². The highest BCUT2D eigenvalue weighted by Crippen LogP contribution is 2.23. The Morgan fingerprint density at radius 3 is 2.10 bits per heavy atom. The number of carbonyl (C=O) groups is 4. The third kappa shape index (κ3) is 6.95. The molecule has 1 aromatic rings. The number of rotatable bonds is 7. The summed E-state index contributed by atoms with van der Waals surface area (Å²) in [6.07, 6.45) is -6.06. The van der Waals surface area contributed by atoms with E-state index in [1.54, 1.807) is 20.8 Å². The van der Waals surface area contributed by atoms with Crippen molar-refractivity contribution in [3.8, 4) is 0 Å². The monoisotopic (exact) mass is 446 g/mol. The van der Waals surface area contributed by atoms with Crippen molar-refractivity contribution in [3.63, 3.8) is 0 Å². The van der Waals surface area contributed by atoms with Crippen molar-refractivity contribution in [3.05, 3.63) is 35.4 Å². The first-order chi connectivity index (χ1) is 14.3. The second kappa shape index (κ2) is 9.33. The number of halogens is 3. The minimum absolute atomic E-state index is 0.0189. The van der Waals surface area contributed by atoms with E-state index in [4.69, 9.17) is 9.57 Å². The topological polar surface area (TPSA) is 111 Å². The highest BCUT2D eigenvalue weighted by atomic mass is 19.4. The van der Waals surface area contributed by atoms with E-state index < -0.39 is 61.3 Å². The number of carbonyl (C=O) groups excluding carboxylic acids is 4. The Kier molecular flexibility index (Phi) is 7.26. The van der Waals surface area contributed by atoms with Crippen LogP contribution in [0.15, 0.2) is 24.3 Å². The van der Waals surface area contributed by atoms with Gasteiger partial charge in [0, 0.05) is 13.0 Å². The number of fused-ring (bicyclic) bond motifs is 1. The molecule has 170 valence electrons. The molecule has 9 nitrogen and oxygen atoms in total. The van der Waals surface area contributed by atoms with Gasteiger partial charge in [-0.1, -0.05) is 17.2 Å². The van der Waals surface area contributed by atoms with Gasteiger partial charge in [0.25, 0.3) is 11.8 Å². The van der Waals surface area contributed by atoms with Crippen molar-refractivity contribution in [2.24, 2.45) is 0 Å². The molecule has 0 bridgehead atoms. The SMILES string of the molecule is CC(C)(C)OC(=O)NC(CCOCC(F)(F)F)C(=O)ON1C(=O)c2ccccc2C1=O. The van der Waals surface area contributed by atoms with Gasteiger partial charge in [0.05, 0.1) is 11.1 Å². The van der Waals surface area contributed by atoms with E-state index in [0.29, 0.717) is 0 Å². The van der Waals surface area contributed by atoms with Crippen molar-refractivity contribution in [2.75, 3.05) is 13.2 Å². The number of hydrogen-bond acceptors (Lipinski definition) is 7. The molecule has 0 aliphatic carbocycles. The highest BCUT2D eigenvalue weighted by Gasteiger charge is 2.40. The molecule has 0 saturated heterocycles. The van der Waals surface area contributed by atoms with Gasteiger partial charge in [-0.25, -0.2) is 9.59 Å². The number of alkyl carbamates (subject to hydrolysis) is 1. The summed E-state index contributed by atoms with van der Waals surface area (Å²) in [5.74, 6) is -3.03. The van der Waals surface area contributed by atoms with E-state index in [2.05, 4.69) is 10.1 Å². The Morgan fingerprint density at radius 1 is 1.06 bits per heavy atom. The smallest absolute Gasteiger partial charge is 0.411 e. The van der Waals surface area contributed by atoms with E-state index in [0.717, 1.165) is 0 Å². The average Bonchev–Trinajstić information content (AvgIpc) is 2.87. The Hall–Kier alpha value is -3.15. The van der Waals surface area contributed by atoms with Gasteiger partial charge in [0.1, 0.15) is 18.2 Å². The minimum Gasteiger partial charge on any atom is -0.444 e. The third-order valence-corrected chi connectivity index (χ3v) is 3.73. The van der Waals surface area contributed by atoms with E-state index >= 15 is 0 Å².